The summed E-state index contributed by atoms with van der Waals surface area (Å²) in [6, 6.07) is 0.480. The van der Waals surface area contributed by atoms with Gasteiger partial charge in [-0.25, -0.2) is 22.9 Å². The molecule has 0 amide bonds. The molecule has 0 aliphatic carbocycles. The van der Waals surface area contributed by atoms with Gasteiger partial charge in [0.05, 0.1) is 6.04 Å². The molecular formula is C10H13N5O4S. The van der Waals surface area contributed by atoms with Crippen LogP contribution in [-0.2, 0) is 17.1 Å². The molecule has 1 atom stereocenters. The van der Waals surface area contributed by atoms with Gasteiger partial charge in [-0.1, -0.05) is 0 Å². The van der Waals surface area contributed by atoms with Crippen LogP contribution in [0.5, 0.6) is 0 Å². The predicted molar refractivity (Wildman–Crippen MR) is 67.5 cm³/mol. The summed E-state index contributed by atoms with van der Waals surface area (Å²) in [5.41, 5.74) is -0.113. The van der Waals surface area contributed by atoms with Crippen LogP contribution in [0.1, 0.15) is 29.3 Å². The summed E-state index contributed by atoms with van der Waals surface area (Å²) in [5.74, 6) is -0.833. The van der Waals surface area contributed by atoms with Gasteiger partial charge in [-0.05, 0) is 13.0 Å². The number of rotatable bonds is 5. The fourth-order valence-corrected chi connectivity index (χ4v) is 2.95. The SMILES string of the molecule is CC(NS(=O)(=O)c1cc(C(=O)O)n(C)c1)c1ncn[nH]1. The van der Waals surface area contributed by atoms with Gasteiger partial charge in [0, 0.05) is 13.2 Å². The standard InChI is InChI=1S/C10H13N5O4S/c1-6(9-11-5-12-13-9)14-20(18,19)7-3-8(10(16)17)15(2)4-7/h3-6,14H,1-2H3,(H,16,17)(H,11,12,13). The number of nitrogens with zero attached hydrogens (tertiary/aromatic N) is 3. The van der Waals surface area contributed by atoms with Crippen LogP contribution in [0.4, 0.5) is 0 Å². The second kappa shape index (κ2) is 5.06. The van der Waals surface area contributed by atoms with Crippen molar-refractivity contribution in [3.8, 4) is 0 Å². The second-order valence-electron chi connectivity index (χ2n) is 4.19. The highest BCUT2D eigenvalue weighted by Gasteiger charge is 2.23. The lowest BCUT2D eigenvalue weighted by molar-refractivity contribution is 0.0686. The lowest BCUT2D eigenvalue weighted by Gasteiger charge is -2.10. The first-order valence-corrected chi connectivity index (χ1v) is 7.07. The van der Waals surface area contributed by atoms with Crippen molar-refractivity contribution in [2.45, 2.75) is 17.9 Å². The van der Waals surface area contributed by atoms with Crippen LogP contribution in [-0.4, -0.2) is 39.2 Å². The molecule has 0 saturated heterocycles. The topological polar surface area (TPSA) is 130 Å². The zero-order valence-corrected chi connectivity index (χ0v) is 11.5. The minimum absolute atomic E-state index is 0.113. The maximum Gasteiger partial charge on any atom is 0.352 e. The van der Waals surface area contributed by atoms with E-state index in [0.29, 0.717) is 5.82 Å². The maximum absolute atomic E-state index is 12.1. The van der Waals surface area contributed by atoms with E-state index < -0.39 is 22.0 Å². The second-order valence-corrected chi connectivity index (χ2v) is 5.90. The van der Waals surface area contributed by atoms with E-state index in [1.807, 2.05) is 0 Å². The Hall–Kier alpha value is -2.20. The Bertz CT molecular complexity index is 719. The highest BCUT2D eigenvalue weighted by atomic mass is 32.2. The number of aromatic carboxylic acids is 1. The lowest BCUT2D eigenvalue weighted by Crippen LogP contribution is -2.27. The molecule has 2 heterocycles. The predicted octanol–water partition coefficient (Wildman–Crippen LogP) is -0.119. The number of aromatic nitrogens is 4. The summed E-state index contributed by atoms with van der Waals surface area (Å²) >= 11 is 0. The Kier molecular flexibility index (Phi) is 3.59. The molecule has 1 unspecified atom stereocenters. The average molecular weight is 299 g/mol. The van der Waals surface area contributed by atoms with E-state index in [0.717, 1.165) is 6.07 Å². The van der Waals surface area contributed by atoms with E-state index in [2.05, 4.69) is 19.9 Å². The molecule has 0 aliphatic rings. The Morgan fingerprint density at radius 2 is 2.25 bits per heavy atom. The molecule has 0 fully saturated rings. The zero-order valence-electron chi connectivity index (χ0n) is 10.7. The first kappa shape index (κ1) is 14.2. The molecular weight excluding hydrogens is 286 g/mol. The first-order chi connectivity index (χ1) is 9.31. The molecule has 0 aliphatic heterocycles. The van der Waals surface area contributed by atoms with Crippen molar-refractivity contribution in [3.63, 3.8) is 0 Å². The largest absolute Gasteiger partial charge is 0.477 e. The number of hydrogen-bond acceptors (Lipinski definition) is 5. The number of H-pyrrole nitrogens is 1. The van der Waals surface area contributed by atoms with Gasteiger partial charge in [0.2, 0.25) is 10.0 Å². The van der Waals surface area contributed by atoms with E-state index >= 15 is 0 Å². The van der Waals surface area contributed by atoms with Gasteiger partial charge in [0.15, 0.2) is 0 Å². The van der Waals surface area contributed by atoms with Crippen LogP contribution in [0.2, 0.25) is 0 Å². The van der Waals surface area contributed by atoms with E-state index in [1.165, 1.54) is 24.1 Å². The quantitative estimate of drug-likeness (QED) is 0.705. The van der Waals surface area contributed by atoms with Gasteiger partial charge in [-0.2, -0.15) is 5.10 Å². The maximum atomic E-state index is 12.1. The highest BCUT2D eigenvalue weighted by Crippen LogP contribution is 2.16. The van der Waals surface area contributed by atoms with E-state index in [9.17, 15) is 13.2 Å². The first-order valence-electron chi connectivity index (χ1n) is 5.58. The summed E-state index contributed by atoms with van der Waals surface area (Å²) in [6.07, 6.45) is 2.50. The van der Waals surface area contributed by atoms with Gasteiger partial charge in [0.1, 0.15) is 22.7 Å². The fourth-order valence-electron chi connectivity index (χ4n) is 1.67. The highest BCUT2D eigenvalue weighted by molar-refractivity contribution is 7.89. The number of carbonyl (C=O) groups is 1. The molecule has 0 spiro atoms. The average Bonchev–Trinajstić information content (AvgIpc) is 2.96. The molecule has 0 radical (unpaired) electrons. The molecule has 9 nitrogen and oxygen atoms in total. The molecule has 2 aromatic heterocycles. The summed E-state index contributed by atoms with van der Waals surface area (Å²) in [4.78, 5) is 14.6. The molecule has 108 valence electrons. The summed E-state index contributed by atoms with van der Waals surface area (Å²) in [6.45, 7) is 1.60. The Balaban J connectivity index is 2.27. The van der Waals surface area contributed by atoms with Gasteiger partial charge in [-0.15, -0.1) is 0 Å². The molecule has 2 aromatic rings. The van der Waals surface area contributed by atoms with E-state index in [1.54, 1.807) is 6.92 Å². The molecule has 0 aromatic carbocycles. The third-order valence-corrected chi connectivity index (χ3v) is 4.19. The van der Waals surface area contributed by atoms with Crippen molar-refractivity contribution in [1.82, 2.24) is 24.5 Å². The number of nitrogens with one attached hydrogen (secondary N) is 2. The van der Waals surface area contributed by atoms with Crippen LogP contribution in [0.3, 0.4) is 0 Å². The minimum Gasteiger partial charge on any atom is -0.477 e. The van der Waals surface area contributed by atoms with Crippen LogP contribution in [0.15, 0.2) is 23.5 Å². The van der Waals surface area contributed by atoms with Crippen LogP contribution < -0.4 is 4.72 Å². The van der Waals surface area contributed by atoms with Crippen molar-refractivity contribution >= 4 is 16.0 Å². The molecule has 2 rings (SSSR count). The van der Waals surface area contributed by atoms with E-state index in [-0.39, 0.29) is 10.6 Å². The number of sulfonamides is 1. The summed E-state index contributed by atoms with van der Waals surface area (Å²) < 4.78 is 27.9. The fraction of sp³-hybridized carbons (Fsp3) is 0.300. The third-order valence-electron chi connectivity index (χ3n) is 2.69. The molecule has 0 bridgehead atoms. The summed E-state index contributed by atoms with van der Waals surface area (Å²) in [7, 11) is -2.38. The van der Waals surface area contributed by atoms with Crippen LogP contribution >= 0.6 is 0 Å². The normalized spacial score (nSPS) is 13.3. The number of aromatic amines is 1. The number of aryl methyl sites for hydroxylation is 1. The third kappa shape index (κ3) is 2.70. The van der Waals surface area contributed by atoms with Crippen molar-refractivity contribution in [2.24, 2.45) is 7.05 Å². The van der Waals surface area contributed by atoms with Gasteiger partial charge >= 0.3 is 5.97 Å². The Morgan fingerprint density at radius 3 is 2.75 bits per heavy atom. The van der Waals surface area contributed by atoms with Crippen molar-refractivity contribution in [2.75, 3.05) is 0 Å². The Labute approximate surface area is 114 Å². The van der Waals surface area contributed by atoms with Gasteiger partial charge in [0.25, 0.3) is 0 Å². The van der Waals surface area contributed by atoms with Crippen LogP contribution in [0, 0.1) is 0 Å². The molecule has 0 saturated carbocycles. The molecule has 10 heteroatoms. The minimum atomic E-state index is -3.84. The smallest absolute Gasteiger partial charge is 0.352 e. The van der Waals surface area contributed by atoms with Gasteiger partial charge in [-0.3, -0.25) is 5.10 Å². The molecule has 3 N–H and O–H groups in total. The van der Waals surface area contributed by atoms with Crippen molar-refractivity contribution in [3.05, 3.63) is 30.1 Å². The zero-order chi connectivity index (χ0) is 14.9. The number of carboxylic acid groups (broad SMARTS) is 1. The van der Waals surface area contributed by atoms with Crippen molar-refractivity contribution < 1.29 is 18.3 Å². The lowest BCUT2D eigenvalue weighted by atomic mass is 10.3. The van der Waals surface area contributed by atoms with Crippen molar-refractivity contribution in [1.29, 1.82) is 0 Å². The van der Waals surface area contributed by atoms with E-state index in [4.69, 9.17) is 5.11 Å². The Morgan fingerprint density at radius 1 is 1.55 bits per heavy atom. The van der Waals surface area contributed by atoms with Crippen LogP contribution in [0.25, 0.3) is 0 Å². The number of hydrogen-bond donors (Lipinski definition) is 3. The molecule has 20 heavy (non-hydrogen) atoms. The monoisotopic (exact) mass is 299 g/mol. The van der Waals surface area contributed by atoms with Gasteiger partial charge < -0.3 is 9.67 Å². The number of carboxylic acids is 1. The summed E-state index contributed by atoms with van der Waals surface area (Å²) in [5, 5.41) is 15.1.